The monoisotopic (exact) mass is 274 g/mol. The van der Waals surface area contributed by atoms with Gasteiger partial charge in [-0.2, -0.15) is 5.10 Å². The normalized spacial score (nSPS) is 26.6. The van der Waals surface area contributed by atoms with Crippen LogP contribution in [0, 0.1) is 11.8 Å². The van der Waals surface area contributed by atoms with E-state index in [4.69, 9.17) is 0 Å². The molecule has 0 aliphatic heterocycles. The molecule has 1 N–H and O–H groups in total. The van der Waals surface area contributed by atoms with Gasteiger partial charge in [-0.25, -0.2) is 5.43 Å². The molecule has 2 atom stereocenters. The van der Waals surface area contributed by atoms with Crippen LogP contribution >= 0.6 is 11.3 Å². The fraction of sp³-hybridized carbons (Fsp3) is 0.467. The Hall–Kier alpha value is -1.42. The first-order valence-electron chi connectivity index (χ1n) is 6.77. The van der Waals surface area contributed by atoms with E-state index in [9.17, 15) is 4.79 Å². The van der Waals surface area contributed by atoms with Gasteiger partial charge >= 0.3 is 0 Å². The van der Waals surface area contributed by atoms with Crippen LogP contribution in [0.15, 0.2) is 28.7 Å². The number of hydrogen-bond donors (Lipinski definition) is 1. The molecule has 4 heteroatoms. The molecule has 2 aliphatic rings. The van der Waals surface area contributed by atoms with E-state index in [-0.39, 0.29) is 5.91 Å². The fourth-order valence-electron chi connectivity index (χ4n) is 2.63. The number of amides is 1. The van der Waals surface area contributed by atoms with Gasteiger partial charge in [-0.15, -0.1) is 11.3 Å². The molecule has 1 amide bonds. The molecule has 1 aromatic rings. The number of carbonyl (C=O) groups is 1. The van der Waals surface area contributed by atoms with Gasteiger partial charge in [-0.05, 0) is 30.7 Å². The largest absolute Gasteiger partial charge is 0.272 e. The predicted octanol–water partition coefficient (Wildman–Crippen LogP) is 3.55. The summed E-state index contributed by atoms with van der Waals surface area (Å²) in [7, 11) is 0. The lowest BCUT2D eigenvalue weighted by Crippen LogP contribution is -2.35. The third-order valence-corrected chi connectivity index (χ3v) is 5.15. The van der Waals surface area contributed by atoms with Crippen molar-refractivity contribution in [2.75, 3.05) is 0 Å². The highest BCUT2D eigenvalue weighted by molar-refractivity contribution is 7.10. The summed E-state index contributed by atoms with van der Waals surface area (Å²) in [5.74, 6) is 1.60. The highest BCUT2D eigenvalue weighted by Gasteiger charge is 2.38. The van der Waals surface area contributed by atoms with E-state index in [0.717, 1.165) is 24.1 Å². The van der Waals surface area contributed by atoms with Gasteiger partial charge < -0.3 is 0 Å². The minimum atomic E-state index is -0.0925. The smallest absolute Gasteiger partial charge is 0.267 e. The van der Waals surface area contributed by atoms with E-state index in [0.29, 0.717) is 17.8 Å². The van der Waals surface area contributed by atoms with Gasteiger partial charge in [0.25, 0.3) is 5.91 Å². The van der Waals surface area contributed by atoms with Crippen LogP contribution in [-0.2, 0) is 0 Å². The van der Waals surface area contributed by atoms with Crippen molar-refractivity contribution in [2.24, 2.45) is 16.9 Å². The van der Waals surface area contributed by atoms with E-state index >= 15 is 0 Å². The topological polar surface area (TPSA) is 41.5 Å². The second-order valence-electron chi connectivity index (χ2n) is 5.57. The standard InChI is InChI=1S/C15H18N2OS/c1-9(2)14-7-11(8-19-14)15(18)17-16-13-6-10-4-3-5-12(10)13/h3-4,7-10,12H,5-6H2,1-2H3,(H,17,18)/b16-13-/t10-,12-/m1/s1. The highest BCUT2D eigenvalue weighted by atomic mass is 32.1. The van der Waals surface area contributed by atoms with Crippen LogP contribution in [0.4, 0.5) is 0 Å². The Morgan fingerprint density at radius 1 is 1.53 bits per heavy atom. The molecule has 0 radical (unpaired) electrons. The Kier molecular flexibility index (Phi) is 3.27. The minimum Gasteiger partial charge on any atom is -0.267 e. The van der Waals surface area contributed by atoms with Crippen molar-refractivity contribution in [1.29, 1.82) is 0 Å². The maximum absolute atomic E-state index is 12.0. The summed E-state index contributed by atoms with van der Waals surface area (Å²) < 4.78 is 0. The molecule has 0 saturated heterocycles. The quantitative estimate of drug-likeness (QED) is 0.664. The average molecular weight is 274 g/mol. The molecule has 19 heavy (non-hydrogen) atoms. The van der Waals surface area contributed by atoms with Crippen molar-refractivity contribution in [3.8, 4) is 0 Å². The number of nitrogens with one attached hydrogen (secondary N) is 1. The Balaban J connectivity index is 1.61. The van der Waals surface area contributed by atoms with Crippen molar-refractivity contribution < 1.29 is 4.79 Å². The molecule has 0 aromatic carbocycles. The Labute approximate surface area is 117 Å². The van der Waals surface area contributed by atoms with E-state index in [2.05, 4.69) is 36.5 Å². The zero-order valence-electron chi connectivity index (χ0n) is 11.2. The molecule has 3 rings (SSSR count). The molecule has 1 fully saturated rings. The van der Waals surface area contributed by atoms with Crippen LogP contribution in [0.1, 0.15) is 47.8 Å². The summed E-state index contributed by atoms with van der Waals surface area (Å²) in [6.45, 7) is 4.27. The van der Waals surface area contributed by atoms with Crippen molar-refractivity contribution in [3.05, 3.63) is 34.0 Å². The van der Waals surface area contributed by atoms with Gasteiger partial charge in [0.05, 0.1) is 5.56 Å². The van der Waals surface area contributed by atoms with E-state index in [1.165, 1.54) is 4.88 Å². The molecule has 1 saturated carbocycles. The molecule has 0 bridgehead atoms. The predicted molar refractivity (Wildman–Crippen MR) is 78.7 cm³/mol. The number of hydrazone groups is 1. The third kappa shape index (κ3) is 2.37. The lowest BCUT2D eigenvalue weighted by atomic mass is 9.74. The molecule has 1 aromatic heterocycles. The van der Waals surface area contributed by atoms with Crippen LogP contribution < -0.4 is 5.43 Å². The van der Waals surface area contributed by atoms with Crippen molar-refractivity contribution in [3.63, 3.8) is 0 Å². The van der Waals surface area contributed by atoms with Crippen LogP contribution in [0.5, 0.6) is 0 Å². The van der Waals surface area contributed by atoms with E-state index in [1.54, 1.807) is 11.3 Å². The lowest BCUT2D eigenvalue weighted by molar-refractivity contribution is 0.0954. The summed E-state index contributed by atoms with van der Waals surface area (Å²) in [4.78, 5) is 13.2. The maximum atomic E-state index is 12.0. The van der Waals surface area contributed by atoms with Crippen LogP contribution in [0.2, 0.25) is 0 Å². The van der Waals surface area contributed by atoms with E-state index < -0.39 is 0 Å². The summed E-state index contributed by atoms with van der Waals surface area (Å²) in [5.41, 5.74) is 4.56. The van der Waals surface area contributed by atoms with Gasteiger partial charge in [0.1, 0.15) is 0 Å². The average Bonchev–Trinajstić information content (AvgIpc) is 2.96. The number of carbonyl (C=O) groups excluding carboxylic acids is 1. The number of nitrogens with zero attached hydrogens (tertiary/aromatic N) is 1. The number of allylic oxidation sites excluding steroid dienone is 2. The number of thiophene rings is 1. The van der Waals surface area contributed by atoms with Gasteiger partial charge in [0, 0.05) is 21.9 Å². The summed E-state index contributed by atoms with van der Waals surface area (Å²) in [6.07, 6.45) is 6.56. The van der Waals surface area contributed by atoms with Gasteiger partial charge in [-0.3, -0.25) is 4.79 Å². The molecule has 2 aliphatic carbocycles. The fourth-order valence-corrected chi connectivity index (χ4v) is 3.53. The summed E-state index contributed by atoms with van der Waals surface area (Å²) in [5, 5.41) is 6.19. The lowest BCUT2D eigenvalue weighted by Gasteiger charge is -2.31. The minimum absolute atomic E-state index is 0.0925. The molecular weight excluding hydrogens is 256 g/mol. The van der Waals surface area contributed by atoms with Crippen LogP contribution in [-0.4, -0.2) is 11.6 Å². The van der Waals surface area contributed by atoms with Gasteiger partial charge in [0.2, 0.25) is 0 Å². The van der Waals surface area contributed by atoms with Gasteiger partial charge in [0.15, 0.2) is 0 Å². The van der Waals surface area contributed by atoms with Gasteiger partial charge in [-0.1, -0.05) is 26.0 Å². The molecule has 0 spiro atoms. The molecule has 0 unspecified atom stereocenters. The molecular formula is C15H18N2OS. The Morgan fingerprint density at radius 2 is 2.37 bits per heavy atom. The third-order valence-electron chi connectivity index (χ3n) is 3.91. The van der Waals surface area contributed by atoms with Crippen molar-refractivity contribution >= 4 is 23.0 Å². The summed E-state index contributed by atoms with van der Waals surface area (Å²) in [6, 6.07) is 1.96. The molecule has 3 nitrogen and oxygen atoms in total. The first-order chi connectivity index (χ1) is 9.15. The molecule has 1 heterocycles. The first-order valence-corrected chi connectivity index (χ1v) is 7.65. The number of rotatable bonds is 3. The first kappa shape index (κ1) is 12.6. The van der Waals surface area contributed by atoms with Crippen LogP contribution in [0.3, 0.4) is 0 Å². The van der Waals surface area contributed by atoms with E-state index in [1.807, 2.05) is 11.4 Å². The number of fused-ring (bicyclic) bond motifs is 1. The zero-order valence-corrected chi connectivity index (χ0v) is 12.0. The zero-order chi connectivity index (χ0) is 13.4. The highest BCUT2D eigenvalue weighted by Crippen LogP contribution is 2.40. The van der Waals surface area contributed by atoms with Crippen molar-refractivity contribution in [2.45, 2.75) is 32.6 Å². The second-order valence-corrected chi connectivity index (χ2v) is 6.52. The van der Waals surface area contributed by atoms with Crippen molar-refractivity contribution in [1.82, 2.24) is 5.43 Å². The Bertz CT molecular complexity index is 556. The van der Waals surface area contributed by atoms with Crippen LogP contribution in [0.25, 0.3) is 0 Å². The maximum Gasteiger partial charge on any atom is 0.272 e. The summed E-state index contributed by atoms with van der Waals surface area (Å²) >= 11 is 1.64. The SMILES string of the molecule is CC(C)c1cc(C(=O)N/N=C2/C[C@H]3C=CC[C@@H]23)cs1. The second kappa shape index (κ2) is 4.93. The molecule has 100 valence electrons. The number of hydrogen-bond acceptors (Lipinski definition) is 3. The Morgan fingerprint density at radius 3 is 3.05 bits per heavy atom.